The molecule has 1 aromatic carbocycles. The molecule has 114 valence electrons. The van der Waals surface area contributed by atoms with Gasteiger partial charge in [-0.1, -0.05) is 26.0 Å². The molecule has 20 heavy (non-hydrogen) atoms. The molecule has 4 nitrogen and oxygen atoms in total. The predicted octanol–water partition coefficient (Wildman–Crippen LogP) is 3.00. The molecule has 0 unspecified atom stereocenters. The molecule has 0 saturated heterocycles. The van der Waals surface area contributed by atoms with Crippen LogP contribution >= 0.6 is 0 Å². The summed E-state index contributed by atoms with van der Waals surface area (Å²) in [7, 11) is 1.67. The highest BCUT2D eigenvalue weighted by Gasteiger charge is 2.10. The highest BCUT2D eigenvalue weighted by atomic mass is 16.5. The highest BCUT2D eigenvalue weighted by Crippen LogP contribution is 2.31. The molecule has 0 aromatic heterocycles. The zero-order valence-electron chi connectivity index (χ0n) is 12.9. The predicted molar refractivity (Wildman–Crippen MR) is 81.6 cm³/mol. The van der Waals surface area contributed by atoms with E-state index in [2.05, 4.69) is 25.2 Å². The van der Waals surface area contributed by atoms with E-state index in [9.17, 15) is 0 Å². The molecule has 0 bridgehead atoms. The van der Waals surface area contributed by atoms with Gasteiger partial charge in [0.05, 0.1) is 13.7 Å². The van der Waals surface area contributed by atoms with Crippen molar-refractivity contribution in [3.8, 4) is 11.5 Å². The van der Waals surface area contributed by atoms with Crippen molar-refractivity contribution in [2.75, 3.05) is 33.5 Å². The van der Waals surface area contributed by atoms with Gasteiger partial charge in [-0.25, -0.2) is 0 Å². The zero-order valence-corrected chi connectivity index (χ0v) is 12.9. The molecule has 4 heteroatoms. The van der Waals surface area contributed by atoms with Crippen molar-refractivity contribution in [3.63, 3.8) is 0 Å². The smallest absolute Gasteiger partial charge is 0.165 e. The normalized spacial score (nSPS) is 10.6. The Bertz CT molecular complexity index is 369. The van der Waals surface area contributed by atoms with E-state index in [1.165, 1.54) is 0 Å². The van der Waals surface area contributed by atoms with Gasteiger partial charge in [0.15, 0.2) is 11.5 Å². The molecule has 0 amide bonds. The third-order valence-electron chi connectivity index (χ3n) is 2.85. The Morgan fingerprint density at radius 3 is 2.60 bits per heavy atom. The molecule has 0 radical (unpaired) electrons. The molecule has 0 fully saturated rings. The SMILES string of the molecule is CCCNCc1cccc(OC)c1OCCOCCC. The Morgan fingerprint density at radius 2 is 1.90 bits per heavy atom. The second kappa shape index (κ2) is 10.5. The van der Waals surface area contributed by atoms with Crippen LogP contribution in [-0.4, -0.2) is 33.5 Å². The number of hydrogen-bond donors (Lipinski definition) is 1. The van der Waals surface area contributed by atoms with Crippen LogP contribution < -0.4 is 14.8 Å². The standard InChI is InChI=1S/C16H27NO3/c1-4-9-17-13-14-7-6-8-15(18-3)16(14)20-12-11-19-10-5-2/h6-8,17H,4-5,9-13H2,1-3H3. The third kappa shape index (κ3) is 5.80. The zero-order chi connectivity index (χ0) is 14.6. The van der Waals surface area contributed by atoms with Crippen LogP contribution in [0.3, 0.4) is 0 Å². The maximum atomic E-state index is 5.85. The number of rotatable bonds is 11. The molecule has 0 aliphatic carbocycles. The van der Waals surface area contributed by atoms with Gasteiger partial charge in [-0.05, 0) is 25.5 Å². The van der Waals surface area contributed by atoms with Crippen molar-refractivity contribution in [2.45, 2.75) is 33.2 Å². The number of hydrogen-bond acceptors (Lipinski definition) is 4. The monoisotopic (exact) mass is 281 g/mol. The Morgan fingerprint density at radius 1 is 1.05 bits per heavy atom. The summed E-state index contributed by atoms with van der Waals surface area (Å²) >= 11 is 0. The number of para-hydroxylation sites is 1. The van der Waals surface area contributed by atoms with Crippen molar-refractivity contribution in [1.82, 2.24) is 5.32 Å². The second-order valence-electron chi connectivity index (χ2n) is 4.59. The van der Waals surface area contributed by atoms with Gasteiger partial charge in [0.2, 0.25) is 0 Å². The van der Waals surface area contributed by atoms with Crippen molar-refractivity contribution in [2.24, 2.45) is 0 Å². The van der Waals surface area contributed by atoms with E-state index in [1.807, 2.05) is 12.1 Å². The largest absolute Gasteiger partial charge is 0.493 e. The van der Waals surface area contributed by atoms with Crippen molar-refractivity contribution in [3.05, 3.63) is 23.8 Å². The van der Waals surface area contributed by atoms with Gasteiger partial charge < -0.3 is 19.5 Å². The lowest BCUT2D eigenvalue weighted by atomic mass is 10.2. The van der Waals surface area contributed by atoms with Gasteiger partial charge in [-0.15, -0.1) is 0 Å². The molecule has 1 rings (SSSR count). The topological polar surface area (TPSA) is 39.7 Å². The minimum absolute atomic E-state index is 0.543. The Kier molecular flexibility index (Phi) is 8.83. The van der Waals surface area contributed by atoms with Crippen LogP contribution in [0.1, 0.15) is 32.3 Å². The fourth-order valence-electron chi connectivity index (χ4n) is 1.87. The summed E-state index contributed by atoms with van der Waals surface area (Å²) in [6, 6.07) is 5.97. The summed E-state index contributed by atoms with van der Waals surface area (Å²) in [6.07, 6.45) is 2.14. The van der Waals surface area contributed by atoms with Crippen molar-refractivity contribution in [1.29, 1.82) is 0 Å². The molecule has 0 atom stereocenters. The van der Waals surface area contributed by atoms with Crippen LogP contribution in [0.2, 0.25) is 0 Å². The number of benzene rings is 1. The Hall–Kier alpha value is -1.26. The Labute approximate surface area is 122 Å². The summed E-state index contributed by atoms with van der Waals surface area (Å²) in [5, 5.41) is 3.39. The number of ether oxygens (including phenoxy) is 3. The van der Waals surface area contributed by atoms with Crippen LogP contribution in [0.5, 0.6) is 11.5 Å². The minimum atomic E-state index is 0.543. The first-order valence-electron chi connectivity index (χ1n) is 7.40. The van der Waals surface area contributed by atoms with Crippen LogP contribution in [0.15, 0.2) is 18.2 Å². The first kappa shape index (κ1) is 16.8. The van der Waals surface area contributed by atoms with Crippen molar-refractivity contribution < 1.29 is 14.2 Å². The molecule has 0 aliphatic heterocycles. The van der Waals surface area contributed by atoms with E-state index in [0.717, 1.165) is 49.6 Å². The van der Waals surface area contributed by atoms with E-state index in [1.54, 1.807) is 7.11 Å². The van der Waals surface area contributed by atoms with Gasteiger partial charge in [0.25, 0.3) is 0 Å². The van der Waals surface area contributed by atoms with E-state index in [0.29, 0.717) is 13.2 Å². The molecule has 0 heterocycles. The van der Waals surface area contributed by atoms with E-state index in [-0.39, 0.29) is 0 Å². The first-order chi connectivity index (χ1) is 9.83. The van der Waals surface area contributed by atoms with E-state index in [4.69, 9.17) is 14.2 Å². The molecule has 1 aromatic rings. The second-order valence-corrected chi connectivity index (χ2v) is 4.59. The third-order valence-corrected chi connectivity index (χ3v) is 2.85. The molecular weight excluding hydrogens is 254 g/mol. The van der Waals surface area contributed by atoms with Gasteiger partial charge in [0.1, 0.15) is 6.61 Å². The van der Waals surface area contributed by atoms with Crippen LogP contribution in [0.25, 0.3) is 0 Å². The summed E-state index contributed by atoms with van der Waals surface area (Å²) in [5.74, 6) is 1.59. The maximum Gasteiger partial charge on any atom is 0.165 e. The lowest BCUT2D eigenvalue weighted by Crippen LogP contribution is -2.16. The van der Waals surface area contributed by atoms with Crippen molar-refractivity contribution >= 4 is 0 Å². The average Bonchev–Trinajstić information content (AvgIpc) is 2.48. The minimum Gasteiger partial charge on any atom is -0.493 e. The van der Waals surface area contributed by atoms with Gasteiger partial charge in [-0.3, -0.25) is 0 Å². The lowest BCUT2D eigenvalue weighted by molar-refractivity contribution is 0.0991. The quantitative estimate of drug-likeness (QED) is 0.633. The highest BCUT2D eigenvalue weighted by molar-refractivity contribution is 5.46. The van der Waals surface area contributed by atoms with Gasteiger partial charge in [-0.2, -0.15) is 0 Å². The molecule has 1 N–H and O–H groups in total. The fraction of sp³-hybridized carbons (Fsp3) is 0.625. The number of methoxy groups -OCH3 is 1. The summed E-state index contributed by atoms with van der Waals surface area (Å²) in [4.78, 5) is 0. The molecule has 0 saturated carbocycles. The van der Waals surface area contributed by atoms with Gasteiger partial charge in [0, 0.05) is 18.7 Å². The van der Waals surface area contributed by atoms with E-state index >= 15 is 0 Å². The molecule has 0 aliphatic rings. The molecule has 0 spiro atoms. The summed E-state index contributed by atoms with van der Waals surface area (Å²) < 4.78 is 16.7. The molecular formula is C16H27NO3. The fourth-order valence-corrected chi connectivity index (χ4v) is 1.87. The van der Waals surface area contributed by atoms with Crippen LogP contribution in [0, 0.1) is 0 Å². The summed E-state index contributed by atoms with van der Waals surface area (Å²) in [5.41, 5.74) is 1.12. The maximum absolute atomic E-state index is 5.85. The van der Waals surface area contributed by atoms with Gasteiger partial charge >= 0.3 is 0 Å². The van der Waals surface area contributed by atoms with Crippen LogP contribution in [0.4, 0.5) is 0 Å². The Balaban J connectivity index is 2.59. The van der Waals surface area contributed by atoms with E-state index < -0.39 is 0 Å². The summed E-state index contributed by atoms with van der Waals surface area (Å²) in [6.45, 7) is 7.96. The number of nitrogens with one attached hydrogen (secondary N) is 1. The lowest BCUT2D eigenvalue weighted by Gasteiger charge is -2.15. The first-order valence-corrected chi connectivity index (χ1v) is 7.40. The van der Waals surface area contributed by atoms with Crippen LogP contribution in [-0.2, 0) is 11.3 Å². The average molecular weight is 281 g/mol.